The first kappa shape index (κ1) is 22.6. The number of nitrogens with zero attached hydrogens (tertiary/aromatic N) is 1. The summed E-state index contributed by atoms with van der Waals surface area (Å²) < 4.78 is 5.57. The highest BCUT2D eigenvalue weighted by atomic mass is 16.5. The van der Waals surface area contributed by atoms with Crippen molar-refractivity contribution in [3.63, 3.8) is 0 Å². The van der Waals surface area contributed by atoms with Gasteiger partial charge in [-0.2, -0.15) is 0 Å². The molecule has 1 aliphatic rings. The number of ether oxygens (including phenoxy) is 1. The van der Waals surface area contributed by atoms with E-state index in [1.54, 1.807) is 7.11 Å². The molecule has 1 saturated heterocycles. The van der Waals surface area contributed by atoms with E-state index in [0.717, 1.165) is 28.0 Å². The standard InChI is InChI=1S/C28H30N2O3/c1-20-11-13-21(14-12-20)17-27(31)30-16-15-29-28(32)23(19-30)18-22-7-3-4-8-24(22)25-9-5-6-10-26(25)33-2/h3-14,23H,15-19H2,1-2H3,(H,29,32)/t23-/m1/s1. The zero-order valence-electron chi connectivity index (χ0n) is 19.2. The second-order valence-electron chi connectivity index (χ2n) is 8.55. The molecular weight excluding hydrogens is 412 g/mol. The van der Waals surface area contributed by atoms with Crippen molar-refractivity contribution in [3.05, 3.63) is 89.5 Å². The SMILES string of the molecule is COc1ccccc1-c1ccccc1C[C@@H]1CN(C(=O)Cc2ccc(C)cc2)CCNC1=O. The molecule has 5 nitrogen and oxygen atoms in total. The van der Waals surface area contributed by atoms with E-state index in [9.17, 15) is 9.59 Å². The first-order valence-corrected chi connectivity index (χ1v) is 11.4. The van der Waals surface area contributed by atoms with Gasteiger partial charge in [-0.1, -0.05) is 72.3 Å². The Labute approximate surface area is 195 Å². The lowest BCUT2D eigenvalue weighted by atomic mass is 9.91. The van der Waals surface area contributed by atoms with E-state index in [1.807, 2.05) is 72.5 Å². The molecule has 33 heavy (non-hydrogen) atoms. The zero-order chi connectivity index (χ0) is 23.2. The van der Waals surface area contributed by atoms with Crippen molar-refractivity contribution in [2.24, 2.45) is 5.92 Å². The fraction of sp³-hybridized carbons (Fsp3) is 0.286. The summed E-state index contributed by atoms with van der Waals surface area (Å²) in [4.78, 5) is 27.8. The van der Waals surface area contributed by atoms with Crippen LogP contribution < -0.4 is 10.1 Å². The zero-order valence-corrected chi connectivity index (χ0v) is 19.2. The number of para-hydroxylation sites is 1. The molecule has 1 N–H and O–H groups in total. The molecule has 0 spiro atoms. The molecular formula is C28H30N2O3. The van der Waals surface area contributed by atoms with E-state index in [1.165, 1.54) is 5.56 Å². The lowest BCUT2D eigenvalue weighted by Crippen LogP contribution is -2.38. The third-order valence-electron chi connectivity index (χ3n) is 6.20. The maximum Gasteiger partial charge on any atom is 0.227 e. The van der Waals surface area contributed by atoms with E-state index >= 15 is 0 Å². The van der Waals surface area contributed by atoms with Gasteiger partial charge in [0.2, 0.25) is 11.8 Å². The molecule has 1 heterocycles. The molecule has 0 radical (unpaired) electrons. The molecule has 2 amide bonds. The predicted molar refractivity (Wildman–Crippen MR) is 130 cm³/mol. The Balaban J connectivity index is 1.54. The first-order valence-electron chi connectivity index (χ1n) is 11.4. The summed E-state index contributed by atoms with van der Waals surface area (Å²) in [5, 5.41) is 3.00. The third-order valence-corrected chi connectivity index (χ3v) is 6.20. The number of amides is 2. The number of nitrogens with one attached hydrogen (secondary N) is 1. The van der Waals surface area contributed by atoms with E-state index in [4.69, 9.17) is 4.74 Å². The van der Waals surface area contributed by atoms with Crippen LogP contribution in [0.5, 0.6) is 5.75 Å². The number of benzene rings is 3. The van der Waals surface area contributed by atoms with Gasteiger partial charge in [-0.15, -0.1) is 0 Å². The van der Waals surface area contributed by atoms with Gasteiger partial charge in [0.15, 0.2) is 0 Å². The lowest BCUT2D eigenvalue weighted by molar-refractivity contribution is -0.131. The van der Waals surface area contributed by atoms with Crippen molar-refractivity contribution in [3.8, 4) is 16.9 Å². The van der Waals surface area contributed by atoms with E-state index in [2.05, 4.69) is 17.4 Å². The normalized spacial score (nSPS) is 16.1. The Kier molecular flexibility index (Phi) is 7.08. The quantitative estimate of drug-likeness (QED) is 0.627. The van der Waals surface area contributed by atoms with Crippen LogP contribution in [0.4, 0.5) is 0 Å². The highest BCUT2D eigenvalue weighted by molar-refractivity contribution is 5.83. The maximum absolute atomic E-state index is 13.1. The van der Waals surface area contributed by atoms with E-state index in [-0.39, 0.29) is 17.7 Å². The minimum atomic E-state index is -0.315. The molecule has 0 saturated carbocycles. The van der Waals surface area contributed by atoms with Crippen LogP contribution >= 0.6 is 0 Å². The summed E-state index contributed by atoms with van der Waals surface area (Å²) >= 11 is 0. The Hall–Kier alpha value is -3.60. The molecule has 5 heteroatoms. The minimum absolute atomic E-state index is 0.00420. The van der Waals surface area contributed by atoms with E-state index in [0.29, 0.717) is 32.5 Å². The number of methoxy groups -OCH3 is 1. The van der Waals surface area contributed by atoms with Crippen molar-refractivity contribution >= 4 is 11.8 Å². The molecule has 4 rings (SSSR count). The van der Waals surface area contributed by atoms with Gasteiger partial charge in [0.1, 0.15) is 5.75 Å². The molecule has 0 aliphatic carbocycles. The van der Waals surface area contributed by atoms with Gasteiger partial charge in [0.25, 0.3) is 0 Å². The van der Waals surface area contributed by atoms with Crippen LogP contribution in [0.2, 0.25) is 0 Å². The van der Waals surface area contributed by atoms with Gasteiger partial charge < -0.3 is 15.0 Å². The Morgan fingerprint density at radius 2 is 1.70 bits per heavy atom. The largest absolute Gasteiger partial charge is 0.496 e. The summed E-state index contributed by atoms with van der Waals surface area (Å²) in [6.45, 7) is 3.45. The molecule has 0 aromatic heterocycles. The number of hydrogen-bond donors (Lipinski definition) is 1. The van der Waals surface area contributed by atoms with Gasteiger partial charge in [0, 0.05) is 25.2 Å². The smallest absolute Gasteiger partial charge is 0.227 e. The number of hydrogen-bond acceptors (Lipinski definition) is 3. The summed E-state index contributed by atoms with van der Waals surface area (Å²) in [6, 6.07) is 24.0. The molecule has 0 unspecified atom stereocenters. The van der Waals surface area contributed by atoms with Crippen LogP contribution in [-0.2, 0) is 22.4 Å². The highest BCUT2D eigenvalue weighted by Gasteiger charge is 2.28. The molecule has 0 bridgehead atoms. The summed E-state index contributed by atoms with van der Waals surface area (Å²) in [5.41, 5.74) is 5.27. The number of rotatable bonds is 6. The monoisotopic (exact) mass is 442 g/mol. The predicted octanol–water partition coefficient (Wildman–Crippen LogP) is 4.03. The van der Waals surface area contributed by atoms with Gasteiger partial charge in [-0.25, -0.2) is 0 Å². The second kappa shape index (κ2) is 10.3. The minimum Gasteiger partial charge on any atom is -0.496 e. The summed E-state index contributed by atoms with van der Waals surface area (Å²) in [7, 11) is 1.66. The molecule has 3 aromatic rings. The second-order valence-corrected chi connectivity index (χ2v) is 8.55. The lowest BCUT2D eigenvalue weighted by Gasteiger charge is -2.24. The van der Waals surface area contributed by atoms with Crippen molar-refractivity contribution in [2.75, 3.05) is 26.7 Å². The molecule has 1 atom stereocenters. The van der Waals surface area contributed by atoms with Crippen LogP contribution in [0.1, 0.15) is 16.7 Å². The van der Waals surface area contributed by atoms with Crippen LogP contribution in [0.15, 0.2) is 72.8 Å². The molecule has 1 aliphatic heterocycles. The van der Waals surface area contributed by atoms with Gasteiger partial charge in [-0.05, 0) is 36.1 Å². The summed E-state index contributed by atoms with van der Waals surface area (Å²) in [5.74, 6) is 0.532. The Morgan fingerprint density at radius 1 is 1.00 bits per heavy atom. The van der Waals surface area contributed by atoms with Crippen LogP contribution in [-0.4, -0.2) is 43.5 Å². The Bertz CT molecular complexity index is 1120. The van der Waals surface area contributed by atoms with E-state index < -0.39 is 0 Å². The maximum atomic E-state index is 13.1. The fourth-order valence-electron chi connectivity index (χ4n) is 4.37. The van der Waals surface area contributed by atoms with Crippen molar-refractivity contribution in [1.82, 2.24) is 10.2 Å². The molecule has 1 fully saturated rings. The topological polar surface area (TPSA) is 58.6 Å². The fourth-order valence-corrected chi connectivity index (χ4v) is 4.37. The summed E-state index contributed by atoms with van der Waals surface area (Å²) in [6.07, 6.45) is 0.896. The number of aryl methyl sites for hydroxylation is 1. The van der Waals surface area contributed by atoms with Crippen LogP contribution in [0.3, 0.4) is 0 Å². The average molecular weight is 443 g/mol. The average Bonchev–Trinajstić information content (AvgIpc) is 3.02. The van der Waals surface area contributed by atoms with Gasteiger partial charge in [0.05, 0.1) is 19.4 Å². The van der Waals surface area contributed by atoms with Crippen LogP contribution in [0, 0.1) is 12.8 Å². The number of carbonyl (C=O) groups is 2. The van der Waals surface area contributed by atoms with Gasteiger partial charge in [-0.3, -0.25) is 9.59 Å². The van der Waals surface area contributed by atoms with Crippen molar-refractivity contribution in [2.45, 2.75) is 19.8 Å². The third kappa shape index (κ3) is 5.43. The van der Waals surface area contributed by atoms with Crippen molar-refractivity contribution in [1.29, 1.82) is 0 Å². The van der Waals surface area contributed by atoms with Crippen molar-refractivity contribution < 1.29 is 14.3 Å². The Morgan fingerprint density at radius 3 is 2.45 bits per heavy atom. The van der Waals surface area contributed by atoms with Crippen LogP contribution in [0.25, 0.3) is 11.1 Å². The number of carbonyl (C=O) groups excluding carboxylic acids is 2. The highest BCUT2D eigenvalue weighted by Crippen LogP contribution is 2.33. The molecule has 3 aromatic carbocycles. The van der Waals surface area contributed by atoms with Gasteiger partial charge >= 0.3 is 0 Å². The first-order chi connectivity index (χ1) is 16.0. The molecule has 170 valence electrons.